The number of piperazine rings is 1. The molecule has 112 valence electrons. The highest BCUT2D eigenvalue weighted by atomic mass is 16.2. The minimum atomic E-state index is -0.273. The fraction of sp³-hybridized carbons (Fsp3) is 0.529. The second kappa shape index (κ2) is 5.88. The number of nitrogens with one attached hydrogen (secondary N) is 1. The molecule has 0 spiro atoms. The molecule has 1 N–H and O–H groups in total. The fourth-order valence-electron chi connectivity index (χ4n) is 2.99. The first-order valence-electron chi connectivity index (χ1n) is 7.79. The second-order valence-electron chi connectivity index (χ2n) is 6.22. The SMILES string of the molecule is CC(CCc1ccccc1)N1CC(=O)NC(C2CC2)C1=O. The Morgan fingerprint density at radius 1 is 1.24 bits per heavy atom. The van der Waals surface area contributed by atoms with E-state index in [-0.39, 0.29) is 30.4 Å². The molecule has 3 rings (SSSR count). The van der Waals surface area contributed by atoms with E-state index in [0.29, 0.717) is 5.92 Å². The van der Waals surface area contributed by atoms with E-state index < -0.39 is 0 Å². The molecule has 1 saturated carbocycles. The van der Waals surface area contributed by atoms with Crippen molar-refractivity contribution in [2.24, 2.45) is 5.92 Å². The van der Waals surface area contributed by atoms with E-state index in [9.17, 15) is 9.59 Å². The maximum atomic E-state index is 12.5. The zero-order valence-electron chi connectivity index (χ0n) is 12.4. The molecule has 0 bridgehead atoms. The first-order valence-corrected chi connectivity index (χ1v) is 7.79. The third kappa shape index (κ3) is 3.26. The highest BCUT2D eigenvalue weighted by Crippen LogP contribution is 2.34. The Labute approximate surface area is 125 Å². The maximum Gasteiger partial charge on any atom is 0.246 e. The van der Waals surface area contributed by atoms with Crippen LogP contribution in [-0.4, -0.2) is 35.3 Å². The number of hydrogen-bond donors (Lipinski definition) is 1. The number of rotatable bonds is 5. The summed E-state index contributed by atoms with van der Waals surface area (Å²) in [5.74, 6) is 0.460. The first-order chi connectivity index (χ1) is 10.1. The smallest absolute Gasteiger partial charge is 0.246 e. The van der Waals surface area contributed by atoms with Crippen LogP contribution >= 0.6 is 0 Å². The Bertz CT molecular complexity index is 525. The summed E-state index contributed by atoms with van der Waals surface area (Å²) < 4.78 is 0. The molecule has 2 amide bonds. The van der Waals surface area contributed by atoms with Gasteiger partial charge in [0.15, 0.2) is 0 Å². The Morgan fingerprint density at radius 2 is 1.95 bits per heavy atom. The number of nitrogens with zero attached hydrogens (tertiary/aromatic N) is 1. The Balaban J connectivity index is 1.61. The van der Waals surface area contributed by atoms with Crippen molar-refractivity contribution in [1.82, 2.24) is 10.2 Å². The predicted molar refractivity (Wildman–Crippen MR) is 80.6 cm³/mol. The van der Waals surface area contributed by atoms with Gasteiger partial charge in [-0.2, -0.15) is 0 Å². The number of carbonyl (C=O) groups excluding carboxylic acids is 2. The molecule has 1 aromatic carbocycles. The van der Waals surface area contributed by atoms with Crippen LogP contribution in [0.2, 0.25) is 0 Å². The van der Waals surface area contributed by atoms with E-state index in [1.54, 1.807) is 4.90 Å². The van der Waals surface area contributed by atoms with Crippen LogP contribution in [0, 0.1) is 5.92 Å². The van der Waals surface area contributed by atoms with Crippen molar-refractivity contribution in [2.45, 2.75) is 44.7 Å². The third-order valence-corrected chi connectivity index (χ3v) is 4.50. The number of benzene rings is 1. The normalized spacial score (nSPS) is 23.9. The quantitative estimate of drug-likeness (QED) is 0.896. The van der Waals surface area contributed by atoms with Gasteiger partial charge in [-0.05, 0) is 44.1 Å². The summed E-state index contributed by atoms with van der Waals surface area (Å²) in [7, 11) is 0. The molecule has 1 aliphatic carbocycles. The number of hydrogen-bond acceptors (Lipinski definition) is 2. The molecular formula is C17H22N2O2. The average molecular weight is 286 g/mol. The van der Waals surface area contributed by atoms with Gasteiger partial charge in [-0.1, -0.05) is 30.3 Å². The summed E-state index contributed by atoms with van der Waals surface area (Å²) in [5.41, 5.74) is 1.28. The molecule has 0 radical (unpaired) electrons. The molecule has 2 fully saturated rings. The van der Waals surface area contributed by atoms with Crippen molar-refractivity contribution in [3.05, 3.63) is 35.9 Å². The molecule has 1 saturated heterocycles. The Hall–Kier alpha value is -1.84. The largest absolute Gasteiger partial charge is 0.342 e. The standard InChI is InChI=1S/C17H22N2O2/c1-12(7-8-13-5-3-2-4-6-13)19-11-15(20)18-16(17(19)21)14-9-10-14/h2-6,12,14,16H,7-11H2,1H3,(H,18,20). The minimum Gasteiger partial charge on any atom is -0.342 e. The summed E-state index contributed by atoms with van der Waals surface area (Å²) >= 11 is 0. The number of aryl methyl sites for hydroxylation is 1. The Morgan fingerprint density at radius 3 is 2.62 bits per heavy atom. The van der Waals surface area contributed by atoms with Crippen LogP contribution in [0.1, 0.15) is 31.7 Å². The van der Waals surface area contributed by atoms with Gasteiger partial charge in [0.25, 0.3) is 0 Å². The molecule has 2 unspecified atom stereocenters. The zero-order valence-corrected chi connectivity index (χ0v) is 12.4. The minimum absolute atomic E-state index is 0.0157. The van der Waals surface area contributed by atoms with Crippen LogP contribution in [0.4, 0.5) is 0 Å². The van der Waals surface area contributed by atoms with E-state index in [1.165, 1.54) is 5.56 Å². The molecular weight excluding hydrogens is 264 g/mol. The van der Waals surface area contributed by atoms with Gasteiger partial charge in [0.2, 0.25) is 11.8 Å². The van der Waals surface area contributed by atoms with Crippen LogP contribution in [-0.2, 0) is 16.0 Å². The van der Waals surface area contributed by atoms with Crippen LogP contribution < -0.4 is 5.32 Å². The zero-order chi connectivity index (χ0) is 14.8. The van der Waals surface area contributed by atoms with E-state index in [1.807, 2.05) is 25.1 Å². The van der Waals surface area contributed by atoms with Gasteiger partial charge in [0.05, 0.1) is 6.54 Å². The maximum absolute atomic E-state index is 12.5. The van der Waals surface area contributed by atoms with Gasteiger partial charge < -0.3 is 10.2 Å². The second-order valence-corrected chi connectivity index (χ2v) is 6.22. The summed E-state index contributed by atoms with van der Waals surface area (Å²) in [4.78, 5) is 26.1. The first kappa shape index (κ1) is 14.1. The van der Waals surface area contributed by atoms with Gasteiger partial charge >= 0.3 is 0 Å². The lowest BCUT2D eigenvalue weighted by atomic mass is 10.0. The van der Waals surface area contributed by atoms with Gasteiger partial charge in [0, 0.05) is 6.04 Å². The van der Waals surface area contributed by atoms with Gasteiger partial charge in [-0.3, -0.25) is 9.59 Å². The topological polar surface area (TPSA) is 49.4 Å². The van der Waals surface area contributed by atoms with Gasteiger partial charge in [-0.15, -0.1) is 0 Å². The monoisotopic (exact) mass is 286 g/mol. The summed E-state index contributed by atoms with van der Waals surface area (Å²) in [5, 5.41) is 2.86. The molecule has 4 heteroatoms. The molecule has 1 aromatic rings. The summed E-state index contributed by atoms with van der Waals surface area (Å²) in [6, 6.07) is 10.1. The van der Waals surface area contributed by atoms with Crippen LogP contribution in [0.5, 0.6) is 0 Å². The molecule has 2 aliphatic rings. The van der Waals surface area contributed by atoms with Crippen LogP contribution in [0.25, 0.3) is 0 Å². The lowest BCUT2D eigenvalue weighted by Crippen LogP contribution is -2.61. The Kier molecular flexibility index (Phi) is 3.95. The molecule has 1 heterocycles. The van der Waals surface area contributed by atoms with E-state index in [0.717, 1.165) is 25.7 Å². The van der Waals surface area contributed by atoms with Crippen molar-refractivity contribution in [3.63, 3.8) is 0 Å². The van der Waals surface area contributed by atoms with Gasteiger partial charge in [0.1, 0.15) is 6.04 Å². The fourth-order valence-corrected chi connectivity index (χ4v) is 2.99. The van der Waals surface area contributed by atoms with Gasteiger partial charge in [-0.25, -0.2) is 0 Å². The molecule has 2 atom stereocenters. The summed E-state index contributed by atoms with van der Waals surface area (Å²) in [6.07, 6.45) is 3.94. The highest BCUT2D eigenvalue weighted by molar-refractivity contribution is 5.95. The number of amides is 2. The molecule has 21 heavy (non-hydrogen) atoms. The lowest BCUT2D eigenvalue weighted by molar-refractivity contribution is -0.147. The average Bonchev–Trinajstić information content (AvgIpc) is 3.32. The molecule has 4 nitrogen and oxygen atoms in total. The highest BCUT2D eigenvalue weighted by Gasteiger charge is 2.43. The third-order valence-electron chi connectivity index (χ3n) is 4.50. The predicted octanol–water partition coefficient (Wildman–Crippen LogP) is 1.74. The van der Waals surface area contributed by atoms with E-state index >= 15 is 0 Å². The van der Waals surface area contributed by atoms with E-state index in [4.69, 9.17) is 0 Å². The van der Waals surface area contributed by atoms with Crippen molar-refractivity contribution >= 4 is 11.8 Å². The van der Waals surface area contributed by atoms with Crippen molar-refractivity contribution < 1.29 is 9.59 Å². The van der Waals surface area contributed by atoms with Crippen molar-refractivity contribution in [3.8, 4) is 0 Å². The molecule has 1 aliphatic heterocycles. The molecule has 0 aromatic heterocycles. The number of carbonyl (C=O) groups is 2. The summed E-state index contributed by atoms with van der Waals surface area (Å²) in [6.45, 7) is 2.25. The van der Waals surface area contributed by atoms with Crippen LogP contribution in [0.15, 0.2) is 30.3 Å². The van der Waals surface area contributed by atoms with Crippen molar-refractivity contribution in [2.75, 3.05) is 6.54 Å². The lowest BCUT2D eigenvalue weighted by Gasteiger charge is -2.36. The van der Waals surface area contributed by atoms with Crippen molar-refractivity contribution in [1.29, 1.82) is 0 Å². The van der Waals surface area contributed by atoms with E-state index in [2.05, 4.69) is 17.4 Å². The van der Waals surface area contributed by atoms with Crippen LogP contribution in [0.3, 0.4) is 0 Å².